The van der Waals surface area contributed by atoms with Crippen LogP contribution in [0.2, 0.25) is 0 Å². The Morgan fingerprint density at radius 2 is 1.56 bits per heavy atom. The fourth-order valence-electron chi connectivity index (χ4n) is 4.00. The first-order chi connectivity index (χ1) is 16.4. The molecule has 0 spiro atoms. The lowest BCUT2D eigenvalue weighted by atomic mass is 9.99. The van der Waals surface area contributed by atoms with Gasteiger partial charge >= 0.3 is 5.97 Å². The summed E-state index contributed by atoms with van der Waals surface area (Å²) in [4.78, 5) is 12.5. The third kappa shape index (κ3) is 7.06. The number of carbonyl (C=O) groups is 1. The minimum Gasteiger partial charge on any atom is -0.494 e. The Balaban J connectivity index is 1.69. The van der Waals surface area contributed by atoms with E-state index in [-0.39, 0.29) is 6.42 Å². The van der Waals surface area contributed by atoms with Crippen molar-refractivity contribution >= 4 is 16.7 Å². The van der Waals surface area contributed by atoms with Gasteiger partial charge in [-0.2, -0.15) is 0 Å². The Morgan fingerprint density at radius 1 is 0.853 bits per heavy atom. The number of ether oxygens (including phenoxy) is 2. The van der Waals surface area contributed by atoms with Crippen molar-refractivity contribution in [2.45, 2.75) is 77.8 Å². The molecule has 0 saturated heterocycles. The number of hydrogen-bond donors (Lipinski definition) is 0. The molecule has 182 valence electrons. The molecule has 3 aromatic carbocycles. The van der Waals surface area contributed by atoms with Crippen LogP contribution in [0, 0.1) is 0 Å². The fraction of sp³-hybridized carbons (Fsp3) is 0.433. The fourth-order valence-corrected chi connectivity index (χ4v) is 4.00. The second kappa shape index (κ2) is 12.5. The lowest BCUT2D eigenvalue weighted by Gasteiger charge is -2.19. The predicted molar refractivity (Wildman–Crippen MR) is 138 cm³/mol. The third-order valence-electron chi connectivity index (χ3n) is 6.17. The zero-order valence-electron chi connectivity index (χ0n) is 20.7. The van der Waals surface area contributed by atoms with Gasteiger partial charge in [0.25, 0.3) is 0 Å². The molecule has 0 saturated carbocycles. The molecular formula is C30H37FO3. The summed E-state index contributed by atoms with van der Waals surface area (Å²) in [5, 5.41) is 1.72. The van der Waals surface area contributed by atoms with Crippen molar-refractivity contribution in [1.82, 2.24) is 0 Å². The highest BCUT2D eigenvalue weighted by atomic mass is 19.1. The molecule has 0 bridgehead atoms. The monoisotopic (exact) mass is 464 g/mol. The topological polar surface area (TPSA) is 35.5 Å². The summed E-state index contributed by atoms with van der Waals surface area (Å²) >= 11 is 0. The van der Waals surface area contributed by atoms with Crippen LogP contribution in [-0.2, 0) is 4.79 Å². The zero-order valence-corrected chi connectivity index (χ0v) is 20.7. The lowest BCUT2D eigenvalue weighted by Crippen LogP contribution is -2.34. The number of benzene rings is 3. The Kier molecular flexibility index (Phi) is 9.50. The molecule has 0 aromatic heterocycles. The summed E-state index contributed by atoms with van der Waals surface area (Å²) in [6.45, 7) is 6.31. The average molecular weight is 465 g/mol. The molecule has 0 fully saturated rings. The normalized spacial score (nSPS) is 12.9. The van der Waals surface area contributed by atoms with Gasteiger partial charge in [0.1, 0.15) is 11.5 Å². The number of unbranched alkanes of at least 4 members (excludes halogenated alkanes) is 5. The first kappa shape index (κ1) is 25.7. The second-order valence-corrected chi connectivity index (χ2v) is 9.17. The van der Waals surface area contributed by atoms with Crippen molar-refractivity contribution in [2.24, 2.45) is 0 Å². The number of rotatable bonds is 13. The number of fused-ring (bicyclic) bond motifs is 1. The molecule has 3 aromatic rings. The van der Waals surface area contributed by atoms with Crippen LogP contribution in [-0.4, -0.2) is 18.2 Å². The van der Waals surface area contributed by atoms with Crippen LogP contribution < -0.4 is 9.47 Å². The average Bonchev–Trinajstić information content (AvgIpc) is 2.84. The maximum absolute atomic E-state index is 14.9. The molecule has 0 heterocycles. The first-order valence-electron chi connectivity index (χ1n) is 12.6. The van der Waals surface area contributed by atoms with E-state index in [0.29, 0.717) is 12.2 Å². The molecule has 4 heteroatoms. The minimum absolute atomic E-state index is 0.174. The van der Waals surface area contributed by atoms with Crippen molar-refractivity contribution in [3.63, 3.8) is 0 Å². The van der Waals surface area contributed by atoms with Gasteiger partial charge in [0, 0.05) is 5.39 Å². The van der Waals surface area contributed by atoms with Gasteiger partial charge < -0.3 is 9.47 Å². The van der Waals surface area contributed by atoms with Gasteiger partial charge in [-0.05, 0) is 67.0 Å². The van der Waals surface area contributed by atoms with E-state index < -0.39 is 11.6 Å². The summed E-state index contributed by atoms with van der Waals surface area (Å²) in [6, 6.07) is 19.6. The maximum atomic E-state index is 14.9. The van der Waals surface area contributed by atoms with Crippen molar-refractivity contribution in [3.05, 3.63) is 60.7 Å². The molecule has 34 heavy (non-hydrogen) atoms. The Hall–Kier alpha value is -2.88. The highest BCUT2D eigenvalue weighted by Crippen LogP contribution is 2.32. The molecule has 0 aliphatic heterocycles. The summed E-state index contributed by atoms with van der Waals surface area (Å²) < 4.78 is 26.2. The van der Waals surface area contributed by atoms with Crippen LogP contribution in [0.15, 0.2) is 60.7 Å². The van der Waals surface area contributed by atoms with E-state index in [4.69, 9.17) is 9.47 Å². The number of alkyl halides is 1. The van der Waals surface area contributed by atoms with Gasteiger partial charge in [0.15, 0.2) is 0 Å². The Morgan fingerprint density at radius 3 is 2.29 bits per heavy atom. The van der Waals surface area contributed by atoms with Crippen molar-refractivity contribution < 1.29 is 18.7 Å². The van der Waals surface area contributed by atoms with E-state index in [0.717, 1.165) is 53.5 Å². The lowest BCUT2D eigenvalue weighted by molar-refractivity contribution is -0.147. The van der Waals surface area contributed by atoms with Crippen LogP contribution in [0.5, 0.6) is 11.5 Å². The second-order valence-electron chi connectivity index (χ2n) is 9.17. The molecule has 1 unspecified atom stereocenters. The summed E-state index contributed by atoms with van der Waals surface area (Å²) in [5.74, 6) is 0.439. The highest BCUT2D eigenvalue weighted by molar-refractivity contribution is 5.94. The summed E-state index contributed by atoms with van der Waals surface area (Å²) in [6.07, 6.45) is 7.46. The van der Waals surface area contributed by atoms with E-state index in [1.54, 1.807) is 6.07 Å². The van der Waals surface area contributed by atoms with Crippen LogP contribution in [0.4, 0.5) is 4.39 Å². The standard InChI is InChI=1S/C30H37FO3/c1-4-6-8-10-21-33-26-17-14-23(15-18-26)24-16-19-27-25(22-24)12-11-13-28(27)34-29(32)30(3,31)20-9-7-5-2/h11-19,22H,4-10,20-21H2,1-3H3. The Bertz CT molecular complexity index is 1060. The molecule has 3 rings (SSSR count). The summed E-state index contributed by atoms with van der Waals surface area (Å²) in [5.41, 5.74) is 0.146. The predicted octanol–water partition coefficient (Wildman–Crippen LogP) is 8.68. The number of esters is 1. The first-order valence-corrected chi connectivity index (χ1v) is 12.6. The van der Waals surface area contributed by atoms with Gasteiger partial charge in [-0.25, -0.2) is 9.18 Å². The number of hydrogen-bond acceptors (Lipinski definition) is 3. The van der Waals surface area contributed by atoms with Crippen LogP contribution in [0.3, 0.4) is 0 Å². The molecule has 0 N–H and O–H groups in total. The van der Waals surface area contributed by atoms with Crippen LogP contribution in [0.1, 0.15) is 72.1 Å². The largest absolute Gasteiger partial charge is 0.494 e. The smallest absolute Gasteiger partial charge is 0.348 e. The highest BCUT2D eigenvalue weighted by Gasteiger charge is 2.34. The molecular weight excluding hydrogens is 427 g/mol. The van der Waals surface area contributed by atoms with Crippen molar-refractivity contribution in [1.29, 1.82) is 0 Å². The van der Waals surface area contributed by atoms with Crippen molar-refractivity contribution in [3.8, 4) is 22.6 Å². The molecule has 0 aliphatic carbocycles. The van der Waals surface area contributed by atoms with Crippen LogP contribution >= 0.6 is 0 Å². The van der Waals surface area contributed by atoms with Gasteiger partial charge in [-0.3, -0.25) is 0 Å². The van der Waals surface area contributed by atoms with Gasteiger partial charge in [-0.1, -0.05) is 82.3 Å². The van der Waals surface area contributed by atoms with Crippen LogP contribution in [0.25, 0.3) is 21.9 Å². The molecule has 0 amide bonds. The van der Waals surface area contributed by atoms with Crippen molar-refractivity contribution in [2.75, 3.05) is 6.61 Å². The SMILES string of the molecule is CCCCCCOc1ccc(-c2ccc3c(OC(=O)C(C)(F)CCCCC)cccc3c2)cc1. The van der Waals surface area contributed by atoms with E-state index in [9.17, 15) is 9.18 Å². The number of carbonyl (C=O) groups excluding carboxylic acids is 1. The third-order valence-corrected chi connectivity index (χ3v) is 6.17. The molecule has 3 nitrogen and oxygen atoms in total. The quantitative estimate of drug-likeness (QED) is 0.144. The number of halogens is 1. The maximum Gasteiger partial charge on any atom is 0.348 e. The van der Waals surface area contributed by atoms with E-state index in [2.05, 4.69) is 32.0 Å². The van der Waals surface area contributed by atoms with Gasteiger partial charge in [0.05, 0.1) is 6.61 Å². The zero-order chi connectivity index (χ0) is 24.4. The molecule has 0 aliphatic rings. The summed E-state index contributed by atoms with van der Waals surface area (Å²) in [7, 11) is 0. The Labute approximate surface area is 203 Å². The van der Waals surface area contributed by atoms with Gasteiger partial charge in [-0.15, -0.1) is 0 Å². The minimum atomic E-state index is -1.99. The van der Waals surface area contributed by atoms with E-state index >= 15 is 0 Å². The molecule has 1 atom stereocenters. The molecule has 0 radical (unpaired) electrons. The van der Waals surface area contributed by atoms with E-state index in [1.165, 1.54) is 26.2 Å². The van der Waals surface area contributed by atoms with Gasteiger partial charge in [0.2, 0.25) is 5.67 Å². The van der Waals surface area contributed by atoms with E-state index in [1.807, 2.05) is 36.4 Å².